The zero-order chi connectivity index (χ0) is 13.2. The highest BCUT2D eigenvalue weighted by atomic mass is 16.6. The van der Waals surface area contributed by atoms with Crippen molar-refractivity contribution in [3.8, 4) is 0 Å². The molecule has 0 aliphatic carbocycles. The molecule has 0 saturated carbocycles. The van der Waals surface area contributed by atoms with E-state index in [4.69, 9.17) is 9.47 Å². The first-order chi connectivity index (χ1) is 7.70. The van der Waals surface area contributed by atoms with E-state index in [0.29, 0.717) is 5.57 Å². The Morgan fingerprint density at radius 1 is 1.47 bits per heavy atom. The molecule has 0 spiro atoms. The van der Waals surface area contributed by atoms with Crippen LogP contribution in [0.4, 0.5) is 0 Å². The lowest BCUT2D eigenvalue weighted by molar-refractivity contribution is -0.151. The molecule has 1 rings (SSSR count). The maximum absolute atomic E-state index is 12.0. The molecule has 0 aromatic rings. The summed E-state index contributed by atoms with van der Waals surface area (Å²) in [6.45, 7) is 7.59. The van der Waals surface area contributed by atoms with Gasteiger partial charge in [0, 0.05) is 12.5 Å². The number of carbonyl (C=O) groups is 1. The van der Waals surface area contributed by atoms with Crippen LogP contribution in [0.3, 0.4) is 0 Å². The smallest absolute Gasteiger partial charge is 0.339 e. The Kier molecular flexibility index (Phi) is 4.20. The van der Waals surface area contributed by atoms with Crippen LogP contribution in [0.2, 0.25) is 0 Å². The summed E-state index contributed by atoms with van der Waals surface area (Å²) in [5.41, 5.74) is 0.126. The van der Waals surface area contributed by atoms with Gasteiger partial charge in [-0.05, 0) is 41.8 Å². The Morgan fingerprint density at radius 3 is 2.53 bits per heavy atom. The highest BCUT2D eigenvalue weighted by Gasteiger charge is 2.32. The molecule has 0 radical (unpaired) electrons. The average molecular weight is 241 g/mol. The molecule has 2 unspecified atom stereocenters. The number of ether oxygens (including phenoxy) is 2. The lowest BCUT2D eigenvalue weighted by Crippen LogP contribution is -2.40. The summed E-state index contributed by atoms with van der Waals surface area (Å²) in [5.74, 6) is -0.289. The number of nitrogens with zero attached hydrogens (tertiary/aromatic N) is 1. The molecule has 0 saturated heterocycles. The molecule has 4 nitrogen and oxygen atoms in total. The summed E-state index contributed by atoms with van der Waals surface area (Å²) in [6.07, 6.45) is 2.49. The summed E-state index contributed by atoms with van der Waals surface area (Å²) in [6, 6.07) is 0.0635. The Balaban J connectivity index is 2.83. The number of likely N-dealkylation sites (N-methyl/N-ethyl adjacent to an activating group) is 1. The molecule has 0 amide bonds. The fourth-order valence-corrected chi connectivity index (χ4v) is 1.78. The van der Waals surface area contributed by atoms with E-state index >= 15 is 0 Å². The van der Waals surface area contributed by atoms with Crippen molar-refractivity contribution in [1.29, 1.82) is 0 Å². The maximum Gasteiger partial charge on any atom is 0.339 e. The van der Waals surface area contributed by atoms with Gasteiger partial charge in [-0.15, -0.1) is 0 Å². The minimum absolute atomic E-state index is 0.0635. The number of rotatable bonds is 2. The molecule has 0 N–H and O–H groups in total. The number of hydrogen-bond acceptors (Lipinski definition) is 4. The van der Waals surface area contributed by atoms with Crippen LogP contribution in [-0.2, 0) is 14.3 Å². The predicted molar refractivity (Wildman–Crippen MR) is 66.6 cm³/mol. The first kappa shape index (κ1) is 14.0. The average Bonchev–Trinajstić information content (AvgIpc) is 2.14. The third-order valence-electron chi connectivity index (χ3n) is 2.60. The zero-order valence-corrected chi connectivity index (χ0v) is 11.6. The summed E-state index contributed by atoms with van der Waals surface area (Å²) < 4.78 is 10.8. The predicted octanol–water partition coefficient (Wildman–Crippen LogP) is 1.95. The van der Waals surface area contributed by atoms with Crippen LogP contribution in [0.15, 0.2) is 11.8 Å². The van der Waals surface area contributed by atoms with Gasteiger partial charge in [-0.2, -0.15) is 0 Å². The van der Waals surface area contributed by atoms with E-state index in [1.165, 1.54) is 0 Å². The van der Waals surface area contributed by atoms with Crippen LogP contribution in [0.1, 0.15) is 34.1 Å². The molecule has 17 heavy (non-hydrogen) atoms. The summed E-state index contributed by atoms with van der Waals surface area (Å²) >= 11 is 0. The topological polar surface area (TPSA) is 38.8 Å². The summed E-state index contributed by atoms with van der Waals surface area (Å²) in [7, 11) is 3.92. The van der Waals surface area contributed by atoms with Crippen molar-refractivity contribution < 1.29 is 14.3 Å². The molecule has 0 aromatic carbocycles. The van der Waals surface area contributed by atoms with Gasteiger partial charge in [-0.1, -0.05) is 0 Å². The molecular weight excluding hydrogens is 218 g/mol. The van der Waals surface area contributed by atoms with Gasteiger partial charge in [0.05, 0.1) is 17.9 Å². The van der Waals surface area contributed by atoms with Gasteiger partial charge in [0.25, 0.3) is 0 Å². The van der Waals surface area contributed by atoms with Crippen molar-refractivity contribution in [2.75, 3.05) is 14.1 Å². The van der Waals surface area contributed by atoms with Crippen molar-refractivity contribution in [2.24, 2.45) is 0 Å². The van der Waals surface area contributed by atoms with E-state index in [9.17, 15) is 4.79 Å². The van der Waals surface area contributed by atoms with Crippen LogP contribution in [0.5, 0.6) is 0 Å². The van der Waals surface area contributed by atoms with Crippen molar-refractivity contribution in [3.05, 3.63) is 11.8 Å². The van der Waals surface area contributed by atoms with E-state index in [-0.39, 0.29) is 18.1 Å². The lowest BCUT2D eigenvalue weighted by atomic mass is 9.99. The van der Waals surface area contributed by atoms with Crippen molar-refractivity contribution in [3.63, 3.8) is 0 Å². The van der Waals surface area contributed by atoms with Crippen LogP contribution in [-0.4, -0.2) is 42.7 Å². The standard InChI is InChI=1S/C13H23NO3/c1-9-7-11(14(5)6)10(8-16-9)12(15)17-13(2,3)4/h8-9,11H,7H2,1-6H3. The number of carbonyl (C=O) groups excluding carboxylic acids is 1. The molecule has 0 bridgehead atoms. The Bertz CT molecular complexity index is 315. The second-order valence-electron chi connectivity index (χ2n) is 5.74. The molecule has 1 heterocycles. The van der Waals surface area contributed by atoms with Crippen molar-refractivity contribution in [2.45, 2.75) is 51.9 Å². The van der Waals surface area contributed by atoms with Gasteiger partial charge in [-0.25, -0.2) is 4.79 Å². The van der Waals surface area contributed by atoms with E-state index in [0.717, 1.165) is 6.42 Å². The fourth-order valence-electron chi connectivity index (χ4n) is 1.78. The van der Waals surface area contributed by atoms with E-state index < -0.39 is 5.60 Å². The second-order valence-corrected chi connectivity index (χ2v) is 5.74. The van der Waals surface area contributed by atoms with Gasteiger partial charge < -0.3 is 14.4 Å². The highest BCUT2D eigenvalue weighted by Crippen LogP contribution is 2.24. The fraction of sp³-hybridized carbons (Fsp3) is 0.769. The summed E-state index contributed by atoms with van der Waals surface area (Å²) in [4.78, 5) is 14.1. The highest BCUT2D eigenvalue weighted by molar-refractivity contribution is 5.90. The molecule has 0 aromatic heterocycles. The zero-order valence-electron chi connectivity index (χ0n) is 11.6. The van der Waals surface area contributed by atoms with E-state index in [1.807, 2.05) is 46.7 Å². The van der Waals surface area contributed by atoms with Crippen molar-refractivity contribution in [1.82, 2.24) is 4.90 Å². The van der Waals surface area contributed by atoms with E-state index in [1.54, 1.807) is 6.26 Å². The van der Waals surface area contributed by atoms with E-state index in [2.05, 4.69) is 0 Å². The molecule has 98 valence electrons. The van der Waals surface area contributed by atoms with Crippen LogP contribution in [0, 0.1) is 0 Å². The van der Waals surface area contributed by atoms with Crippen LogP contribution in [0.25, 0.3) is 0 Å². The second kappa shape index (κ2) is 5.08. The SMILES string of the molecule is CC1CC(N(C)C)C(C(=O)OC(C)(C)C)=CO1. The quantitative estimate of drug-likeness (QED) is 0.693. The normalized spacial score (nSPS) is 25.2. The lowest BCUT2D eigenvalue weighted by Gasteiger charge is -2.33. The van der Waals surface area contributed by atoms with Crippen LogP contribution < -0.4 is 0 Å². The summed E-state index contributed by atoms with van der Waals surface area (Å²) in [5, 5.41) is 0. The van der Waals surface area contributed by atoms with Crippen LogP contribution >= 0.6 is 0 Å². The van der Waals surface area contributed by atoms with Gasteiger partial charge >= 0.3 is 5.97 Å². The first-order valence-electron chi connectivity index (χ1n) is 5.96. The maximum atomic E-state index is 12.0. The van der Waals surface area contributed by atoms with Gasteiger partial charge in [-0.3, -0.25) is 0 Å². The molecular formula is C13H23NO3. The Morgan fingerprint density at radius 2 is 2.06 bits per heavy atom. The largest absolute Gasteiger partial charge is 0.498 e. The van der Waals surface area contributed by atoms with Gasteiger partial charge in [0.1, 0.15) is 5.60 Å². The number of hydrogen-bond donors (Lipinski definition) is 0. The van der Waals surface area contributed by atoms with Gasteiger partial charge in [0.15, 0.2) is 0 Å². The molecule has 4 heteroatoms. The molecule has 2 atom stereocenters. The molecule has 1 aliphatic rings. The third-order valence-corrected chi connectivity index (χ3v) is 2.60. The molecule has 0 fully saturated rings. The number of esters is 1. The molecule has 1 aliphatic heterocycles. The Hall–Kier alpha value is -1.03. The van der Waals surface area contributed by atoms with Gasteiger partial charge in [0.2, 0.25) is 0 Å². The Labute approximate surface area is 104 Å². The third kappa shape index (κ3) is 4.04. The van der Waals surface area contributed by atoms with Crippen molar-refractivity contribution >= 4 is 5.97 Å². The first-order valence-corrected chi connectivity index (χ1v) is 5.96. The minimum atomic E-state index is -0.474. The minimum Gasteiger partial charge on any atom is -0.498 e. The monoisotopic (exact) mass is 241 g/mol.